The molecule has 1 aliphatic heterocycles. The number of ether oxygens (including phenoxy) is 1. The van der Waals surface area contributed by atoms with Gasteiger partial charge in [0.1, 0.15) is 19.8 Å². The number of halogens is 1. The first-order chi connectivity index (χ1) is 13.5. The van der Waals surface area contributed by atoms with Crippen LogP contribution in [0.25, 0.3) is 31.7 Å². The maximum atomic E-state index is 5.49. The minimum atomic E-state index is 0. The summed E-state index contributed by atoms with van der Waals surface area (Å²) in [5.41, 5.74) is 4.92. The maximum Gasteiger partial charge on any atom is 0.200 e. The van der Waals surface area contributed by atoms with E-state index in [1.165, 1.54) is 42.7 Å². The average Bonchev–Trinajstić information content (AvgIpc) is 2.70. The fraction of sp³-hybridized carbons (Fsp3) is 0.208. The van der Waals surface area contributed by atoms with Crippen molar-refractivity contribution in [3.63, 3.8) is 0 Å². The number of benzene rings is 3. The predicted molar refractivity (Wildman–Crippen MR) is 122 cm³/mol. The molecular formula is C24H25BrN2OS. The molecule has 1 heterocycles. The van der Waals surface area contributed by atoms with Crippen molar-refractivity contribution in [1.82, 2.24) is 4.58 Å². The monoisotopic (exact) mass is 468 g/mol. The highest BCUT2D eigenvalue weighted by Crippen LogP contribution is 2.44. The van der Waals surface area contributed by atoms with E-state index in [-0.39, 0.29) is 17.0 Å². The number of anilines is 1. The molecule has 0 unspecified atom stereocenters. The second-order valence-electron chi connectivity index (χ2n) is 7.36. The Morgan fingerprint density at radius 3 is 2.41 bits per heavy atom. The molecule has 0 bridgehead atoms. The van der Waals surface area contributed by atoms with Crippen LogP contribution in [0.3, 0.4) is 0 Å². The molecule has 2 aliphatic rings. The quantitative estimate of drug-likeness (QED) is 0.336. The molecule has 0 radical (unpaired) electrons. The molecule has 1 aliphatic carbocycles. The highest BCUT2D eigenvalue weighted by atomic mass is 79.9. The first-order valence-corrected chi connectivity index (χ1v) is 10.1. The molecule has 0 atom stereocenters. The third kappa shape index (κ3) is 4.02. The Morgan fingerprint density at radius 1 is 0.931 bits per heavy atom. The Bertz CT molecular complexity index is 1210. The number of nitrogens with zero attached hydrogens (tertiary/aromatic N) is 2. The highest BCUT2D eigenvalue weighted by Gasteiger charge is 2.17. The molecule has 4 rings (SSSR count). The normalized spacial score (nSPS) is 10.7. The van der Waals surface area contributed by atoms with E-state index in [1.54, 1.807) is 7.11 Å². The van der Waals surface area contributed by atoms with E-state index in [0.717, 1.165) is 5.75 Å². The van der Waals surface area contributed by atoms with Crippen molar-refractivity contribution < 1.29 is 21.7 Å². The van der Waals surface area contributed by atoms with Crippen LogP contribution in [0, 0.1) is 0 Å². The molecule has 0 spiro atoms. The zero-order chi connectivity index (χ0) is 19.8. The predicted octanol–water partition coefficient (Wildman–Crippen LogP) is 1.78. The Morgan fingerprint density at radius 2 is 1.72 bits per heavy atom. The second-order valence-corrected chi connectivity index (χ2v) is 8.44. The molecule has 0 N–H and O–H groups in total. The van der Waals surface area contributed by atoms with Gasteiger partial charge < -0.3 is 26.6 Å². The largest absolute Gasteiger partial charge is 1.00 e. The Labute approximate surface area is 186 Å². The van der Waals surface area contributed by atoms with Crippen LogP contribution in [-0.4, -0.2) is 35.3 Å². The maximum absolute atomic E-state index is 5.49. The van der Waals surface area contributed by atoms with E-state index < -0.39 is 0 Å². The SMILES string of the molecule is COc1cccc(-c2c3ccc(=[N+](C)C)cc-3sc3cc(N(C)C)ccc23)c1.[Br-]. The van der Waals surface area contributed by atoms with Crippen LogP contribution in [-0.2, 0) is 0 Å². The van der Waals surface area contributed by atoms with E-state index in [9.17, 15) is 0 Å². The van der Waals surface area contributed by atoms with E-state index in [4.69, 9.17) is 4.74 Å². The van der Waals surface area contributed by atoms with Gasteiger partial charge in [-0.3, -0.25) is 0 Å². The molecular weight excluding hydrogens is 444 g/mol. The van der Waals surface area contributed by atoms with Crippen molar-refractivity contribution in [2.24, 2.45) is 0 Å². The minimum absolute atomic E-state index is 0. The van der Waals surface area contributed by atoms with Gasteiger partial charge in [0.2, 0.25) is 5.36 Å². The number of fused-ring (bicyclic) bond motifs is 2. The summed E-state index contributed by atoms with van der Waals surface area (Å²) in [7, 11) is 10.1. The summed E-state index contributed by atoms with van der Waals surface area (Å²) >= 11 is 1.85. The van der Waals surface area contributed by atoms with Gasteiger partial charge in [0, 0.05) is 52.4 Å². The van der Waals surface area contributed by atoms with Crippen LogP contribution in [0.1, 0.15) is 0 Å². The summed E-state index contributed by atoms with van der Waals surface area (Å²) in [6, 6.07) is 21.8. The fourth-order valence-electron chi connectivity index (χ4n) is 3.51. The molecule has 2 aromatic rings. The van der Waals surface area contributed by atoms with Crippen molar-refractivity contribution in [3.05, 3.63) is 66.0 Å². The minimum Gasteiger partial charge on any atom is -1.00 e. The summed E-state index contributed by atoms with van der Waals surface area (Å²) < 4.78 is 8.93. The van der Waals surface area contributed by atoms with Gasteiger partial charge >= 0.3 is 0 Å². The van der Waals surface area contributed by atoms with Crippen LogP contribution < -0.4 is 36.6 Å². The first-order valence-electron chi connectivity index (χ1n) is 9.30. The third-order valence-corrected chi connectivity index (χ3v) is 6.20. The van der Waals surface area contributed by atoms with Crippen molar-refractivity contribution in [2.75, 3.05) is 40.2 Å². The first kappa shape index (κ1) is 21.3. The molecule has 0 aromatic heterocycles. The Hall–Kier alpha value is -2.37. The number of hydrogen-bond donors (Lipinski definition) is 0. The average molecular weight is 469 g/mol. The van der Waals surface area contributed by atoms with E-state index in [2.05, 4.69) is 92.3 Å². The van der Waals surface area contributed by atoms with Gasteiger partial charge in [0.25, 0.3) is 0 Å². The van der Waals surface area contributed by atoms with Crippen LogP contribution in [0.2, 0.25) is 0 Å². The Balaban J connectivity index is 0.00000240. The summed E-state index contributed by atoms with van der Waals surface area (Å²) in [6.45, 7) is 0. The zero-order valence-corrected chi connectivity index (χ0v) is 19.8. The topological polar surface area (TPSA) is 15.5 Å². The fourth-order valence-corrected chi connectivity index (χ4v) is 4.67. The van der Waals surface area contributed by atoms with Gasteiger partial charge in [-0.2, -0.15) is 0 Å². The van der Waals surface area contributed by atoms with Crippen molar-refractivity contribution in [1.29, 1.82) is 0 Å². The number of hydrogen-bond acceptors (Lipinski definition) is 3. The van der Waals surface area contributed by atoms with Crippen molar-refractivity contribution >= 4 is 27.1 Å². The van der Waals surface area contributed by atoms with Crippen LogP contribution in [0.15, 0.2) is 60.7 Å². The summed E-state index contributed by atoms with van der Waals surface area (Å²) in [5, 5.41) is 2.48. The lowest BCUT2D eigenvalue weighted by Crippen LogP contribution is -3.00. The lowest BCUT2D eigenvalue weighted by molar-refractivity contribution is -0.00000585. The highest BCUT2D eigenvalue weighted by molar-refractivity contribution is 7.21. The van der Waals surface area contributed by atoms with Gasteiger partial charge in [-0.05, 0) is 41.5 Å². The lowest BCUT2D eigenvalue weighted by Gasteiger charge is -2.18. The molecule has 0 saturated carbocycles. The summed E-state index contributed by atoms with van der Waals surface area (Å²) in [5.74, 6) is 0.876. The standard InChI is InChI=1S/C24H25N2OS.BrH/c1-25(2)17-9-11-20-22(14-17)28-23-15-18(26(3)4)10-12-21(23)24(20)16-7-6-8-19(13-16)27-5;/h6-15H,1-5H3;1H/q+1;/p-1. The van der Waals surface area contributed by atoms with Gasteiger partial charge in [-0.15, -0.1) is 11.3 Å². The van der Waals surface area contributed by atoms with Crippen LogP contribution >= 0.6 is 11.3 Å². The van der Waals surface area contributed by atoms with Crippen molar-refractivity contribution in [3.8, 4) is 27.3 Å². The van der Waals surface area contributed by atoms with Gasteiger partial charge in [-0.25, -0.2) is 4.58 Å². The van der Waals surface area contributed by atoms with E-state index in [1.807, 2.05) is 17.4 Å². The summed E-state index contributed by atoms with van der Waals surface area (Å²) in [4.78, 5) is 3.44. The lowest BCUT2D eigenvalue weighted by atomic mass is 9.95. The third-order valence-electron chi connectivity index (χ3n) is 5.08. The van der Waals surface area contributed by atoms with Gasteiger partial charge in [-0.1, -0.05) is 18.2 Å². The molecule has 3 nitrogen and oxygen atoms in total. The summed E-state index contributed by atoms with van der Waals surface area (Å²) in [6.07, 6.45) is 0. The molecule has 5 heteroatoms. The van der Waals surface area contributed by atoms with Gasteiger partial charge in [0.15, 0.2) is 0 Å². The molecule has 0 saturated heterocycles. The van der Waals surface area contributed by atoms with E-state index >= 15 is 0 Å². The molecule has 0 amide bonds. The molecule has 150 valence electrons. The molecule has 29 heavy (non-hydrogen) atoms. The van der Waals surface area contributed by atoms with Crippen LogP contribution in [0.4, 0.5) is 5.69 Å². The molecule has 2 aromatic carbocycles. The van der Waals surface area contributed by atoms with Crippen LogP contribution in [0.5, 0.6) is 5.75 Å². The van der Waals surface area contributed by atoms with E-state index in [0.29, 0.717) is 0 Å². The molecule has 0 fully saturated rings. The number of rotatable bonds is 3. The van der Waals surface area contributed by atoms with Gasteiger partial charge in [0.05, 0.1) is 7.11 Å². The second kappa shape index (κ2) is 8.56. The number of methoxy groups -OCH3 is 1. The smallest absolute Gasteiger partial charge is 0.200 e. The Kier molecular flexibility index (Phi) is 6.30. The zero-order valence-electron chi connectivity index (χ0n) is 17.4. The van der Waals surface area contributed by atoms with Crippen molar-refractivity contribution in [2.45, 2.75) is 0 Å².